The highest BCUT2D eigenvalue weighted by molar-refractivity contribution is 5.87. The summed E-state index contributed by atoms with van der Waals surface area (Å²) in [5, 5.41) is 2.58. The van der Waals surface area contributed by atoms with Crippen molar-refractivity contribution in [1.29, 1.82) is 0 Å². The number of carbonyl (C=O) groups is 3. The summed E-state index contributed by atoms with van der Waals surface area (Å²) < 4.78 is 19.5. The molecule has 2 fully saturated rings. The zero-order valence-corrected chi connectivity index (χ0v) is 31.8. The summed E-state index contributed by atoms with van der Waals surface area (Å²) in [6.45, 7) is 8.04. The van der Waals surface area contributed by atoms with Gasteiger partial charge >= 0.3 is 6.09 Å². The first-order valence-electron chi connectivity index (χ1n) is 18.4. The third-order valence-electron chi connectivity index (χ3n) is 9.98. The first-order chi connectivity index (χ1) is 26.5. The lowest BCUT2D eigenvalue weighted by atomic mass is 10.0. The summed E-state index contributed by atoms with van der Waals surface area (Å²) in [6, 6.07) is 11.1. The Morgan fingerprint density at radius 2 is 1.71 bits per heavy atom. The number of carbonyl (C=O) groups excluding carboxylic acids is 3. The monoisotopic (exact) mass is 754 g/mol. The third-order valence-corrected chi connectivity index (χ3v) is 9.98. The van der Waals surface area contributed by atoms with Gasteiger partial charge in [0.15, 0.2) is 0 Å². The average molecular weight is 755 g/mol. The average Bonchev–Trinajstić information content (AvgIpc) is 4.00. The number of nitrogens with zero attached hydrogens (tertiary/aromatic N) is 5. The van der Waals surface area contributed by atoms with Crippen LogP contribution in [0, 0.1) is 23.7 Å². The van der Waals surface area contributed by atoms with Crippen molar-refractivity contribution in [1.82, 2.24) is 35.1 Å². The third kappa shape index (κ3) is 8.81. The van der Waals surface area contributed by atoms with E-state index in [2.05, 4.69) is 42.0 Å². The molecule has 5 atom stereocenters. The molecule has 14 nitrogen and oxygen atoms in total. The number of alkyl halides is 1. The molecule has 0 radical (unpaired) electrons. The SMILES string of the molecule is COOC=N[C@H](C(=O)N1CCC[C@H]1c1ncc(-c2ccc(C#Cc3ccc4nc([C@@H]5C[C@@H](F)CN5C(=O)[C@@H](NC(=O)OC)C(C)C)[nH]c4c3)cc2)[nH]1)C(C)C. The van der Waals surface area contributed by atoms with Gasteiger partial charge in [0.25, 0.3) is 0 Å². The van der Waals surface area contributed by atoms with Gasteiger partial charge in [0, 0.05) is 24.1 Å². The fourth-order valence-corrected chi connectivity index (χ4v) is 7.10. The Balaban J connectivity index is 1.13. The number of aromatic nitrogens is 4. The summed E-state index contributed by atoms with van der Waals surface area (Å²) in [5.41, 5.74) is 4.72. The smallest absolute Gasteiger partial charge is 0.407 e. The van der Waals surface area contributed by atoms with Crippen LogP contribution in [0.5, 0.6) is 0 Å². The number of amides is 3. The number of hydrogen-bond donors (Lipinski definition) is 3. The minimum Gasteiger partial charge on any atom is -0.453 e. The number of aliphatic imine (C=N–C) groups is 1. The molecule has 4 aromatic rings. The lowest BCUT2D eigenvalue weighted by molar-refractivity contribution is -0.188. The molecule has 2 aliphatic rings. The molecule has 3 amide bonds. The number of H-pyrrole nitrogens is 2. The van der Waals surface area contributed by atoms with Crippen LogP contribution < -0.4 is 5.32 Å². The molecule has 4 heterocycles. The molecule has 290 valence electrons. The Morgan fingerprint density at radius 1 is 0.964 bits per heavy atom. The van der Waals surface area contributed by atoms with E-state index in [0.717, 1.165) is 41.1 Å². The first-order valence-corrected chi connectivity index (χ1v) is 18.4. The highest BCUT2D eigenvalue weighted by Gasteiger charge is 2.42. The van der Waals surface area contributed by atoms with Crippen LogP contribution in [0.2, 0.25) is 0 Å². The van der Waals surface area contributed by atoms with E-state index >= 15 is 0 Å². The van der Waals surface area contributed by atoms with E-state index in [4.69, 9.17) is 14.6 Å². The second kappa shape index (κ2) is 17.2. The van der Waals surface area contributed by atoms with Gasteiger partial charge in [-0.25, -0.2) is 24.1 Å². The van der Waals surface area contributed by atoms with Crippen molar-refractivity contribution in [2.24, 2.45) is 16.8 Å². The summed E-state index contributed by atoms with van der Waals surface area (Å²) >= 11 is 0. The fourth-order valence-electron chi connectivity index (χ4n) is 7.10. The van der Waals surface area contributed by atoms with Crippen molar-refractivity contribution in [3.8, 4) is 23.1 Å². The molecular weight excluding hydrogens is 707 g/mol. The van der Waals surface area contributed by atoms with Gasteiger partial charge in [0.05, 0.1) is 55.8 Å². The fraction of sp³-hybridized carbons (Fsp3) is 0.450. The second-order valence-corrected chi connectivity index (χ2v) is 14.5. The van der Waals surface area contributed by atoms with E-state index in [0.29, 0.717) is 23.4 Å². The molecule has 15 heteroatoms. The summed E-state index contributed by atoms with van der Waals surface area (Å²) in [7, 11) is 2.61. The van der Waals surface area contributed by atoms with Crippen LogP contribution >= 0.6 is 0 Å². The van der Waals surface area contributed by atoms with E-state index in [9.17, 15) is 18.8 Å². The van der Waals surface area contributed by atoms with Crippen molar-refractivity contribution in [3.63, 3.8) is 0 Å². The molecule has 0 spiro atoms. The highest BCUT2D eigenvalue weighted by atomic mass is 19.1. The summed E-state index contributed by atoms with van der Waals surface area (Å²) in [5.74, 6) is 6.90. The molecule has 0 saturated carbocycles. The summed E-state index contributed by atoms with van der Waals surface area (Å²) in [6.07, 6.45) is 2.76. The number of rotatable bonds is 11. The molecule has 55 heavy (non-hydrogen) atoms. The lowest BCUT2D eigenvalue weighted by Crippen LogP contribution is -2.51. The Morgan fingerprint density at radius 3 is 2.42 bits per heavy atom. The molecule has 0 bridgehead atoms. The normalized spacial score (nSPS) is 19.5. The number of methoxy groups -OCH3 is 1. The number of ether oxygens (including phenoxy) is 1. The molecular formula is C40H47FN8O6. The summed E-state index contributed by atoms with van der Waals surface area (Å²) in [4.78, 5) is 71.9. The number of alkyl carbamates (subject to hydrolysis) is 1. The van der Waals surface area contributed by atoms with E-state index in [1.165, 1.54) is 25.5 Å². The van der Waals surface area contributed by atoms with Gasteiger partial charge in [0.2, 0.25) is 18.2 Å². The highest BCUT2D eigenvalue weighted by Crippen LogP contribution is 2.35. The van der Waals surface area contributed by atoms with Gasteiger partial charge in [-0.15, -0.1) is 0 Å². The van der Waals surface area contributed by atoms with Crippen LogP contribution in [0.4, 0.5) is 9.18 Å². The van der Waals surface area contributed by atoms with Gasteiger partial charge in [-0.2, -0.15) is 4.89 Å². The lowest BCUT2D eigenvalue weighted by Gasteiger charge is -2.29. The van der Waals surface area contributed by atoms with Gasteiger partial charge in [-0.05, 0) is 60.6 Å². The number of halogens is 1. The van der Waals surface area contributed by atoms with Crippen molar-refractivity contribution in [2.75, 3.05) is 27.3 Å². The molecule has 0 aliphatic carbocycles. The molecule has 2 aliphatic heterocycles. The Labute approximate surface area is 319 Å². The Bertz CT molecular complexity index is 2080. The van der Waals surface area contributed by atoms with E-state index < -0.39 is 30.4 Å². The zero-order chi connectivity index (χ0) is 39.2. The molecule has 2 aromatic carbocycles. The van der Waals surface area contributed by atoms with Crippen LogP contribution in [0.25, 0.3) is 22.3 Å². The van der Waals surface area contributed by atoms with Crippen molar-refractivity contribution in [3.05, 3.63) is 71.4 Å². The predicted octanol–water partition coefficient (Wildman–Crippen LogP) is 5.64. The molecule has 0 unspecified atom stereocenters. The van der Waals surface area contributed by atoms with Crippen molar-refractivity contribution in [2.45, 2.75) is 77.3 Å². The maximum absolute atomic E-state index is 14.8. The topological polar surface area (TPSA) is 167 Å². The molecule has 2 aromatic heterocycles. The largest absolute Gasteiger partial charge is 0.453 e. The Hall–Kier alpha value is -5.75. The second-order valence-electron chi connectivity index (χ2n) is 14.5. The van der Waals surface area contributed by atoms with E-state index in [-0.39, 0.29) is 42.7 Å². The number of nitrogens with one attached hydrogen (secondary N) is 3. The molecule has 6 rings (SSSR count). The first kappa shape index (κ1) is 39.0. The van der Waals surface area contributed by atoms with Crippen LogP contribution in [-0.4, -0.2) is 99.6 Å². The van der Waals surface area contributed by atoms with Crippen molar-refractivity contribution >= 4 is 35.3 Å². The van der Waals surface area contributed by atoms with Crippen molar-refractivity contribution < 1.29 is 33.3 Å². The zero-order valence-electron chi connectivity index (χ0n) is 31.8. The number of imidazole rings is 2. The minimum absolute atomic E-state index is 0.0262. The van der Waals surface area contributed by atoms with Gasteiger partial charge < -0.3 is 34.7 Å². The number of hydrogen-bond acceptors (Lipinski definition) is 9. The number of benzene rings is 2. The quantitative estimate of drug-likeness (QED) is 0.0582. The van der Waals surface area contributed by atoms with Crippen LogP contribution in [-0.2, 0) is 24.1 Å². The molecule has 2 saturated heterocycles. The minimum atomic E-state index is -1.23. The predicted molar refractivity (Wildman–Crippen MR) is 203 cm³/mol. The maximum Gasteiger partial charge on any atom is 0.407 e. The number of likely N-dealkylation sites (tertiary alicyclic amines) is 2. The van der Waals surface area contributed by atoms with Gasteiger partial charge in [0.1, 0.15) is 29.9 Å². The van der Waals surface area contributed by atoms with Crippen LogP contribution in [0.3, 0.4) is 0 Å². The van der Waals surface area contributed by atoms with E-state index in [1.807, 2.05) is 75.1 Å². The van der Waals surface area contributed by atoms with Crippen LogP contribution in [0.1, 0.15) is 81.8 Å². The number of fused-ring (bicyclic) bond motifs is 1. The van der Waals surface area contributed by atoms with Gasteiger partial charge in [-0.3, -0.25) is 9.59 Å². The maximum atomic E-state index is 14.8. The van der Waals surface area contributed by atoms with Gasteiger partial charge in [-0.1, -0.05) is 51.7 Å². The Kier molecular flexibility index (Phi) is 12.1. The molecule has 3 N–H and O–H groups in total. The van der Waals surface area contributed by atoms with Crippen LogP contribution in [0.15, 0.2) is 53.7 Å². The standard InChI is InChI=1S/C40H47FN8O6/c1-23(2)34(43-22-55-54-6)38(50)48-17-7-8-32(48)36-42-20-31(46-36)27-14-11-25(12-15-27)9-10-26-13-16-29-30(18-26)45-37(44-29)33-19-28(41)21-49(33)39(51)35(24(3)4)47-40(52)53-5/h11-16,18,20,22-24,28,32-35H,7-8,17,19,21H2,1-6H3,(H,42,46)(H,44,45)(H,47,52)/t28-,32+,33+,34+,35+/m1/s1. The number of aromatic amines is 2. The van der Waals surface area contributed by atoms with E-state index in [1.54, 1.807) is 6.20 Å².